The molecule has 5 rings (SSSR count). The van der Waals surface area contributed by atoms with Crippen LogP contribution in [0.15, 0.2) is 35.1 Å². The number of hydrogen-bond donors (Lipinski definition) is 6. The third kappa shape index (κ3) is 4.06. The molecular weight excluding hydrogens is 530 g/mol. The summed E-state index contributed by atoms with van der Waals surface area (Å²) in [5.74, 6) is -7.17. The van der Waals surface area contributed by atoms with Crippen molar-refractivity contribution in [2.45, 2.75) is 43.4 Å². The number of benzene rings is 1. The van der Waals surface area contributed by atoms with Crippen molar-refractivity contribution in [3.8, 4) is 5.75 Å². The quantitative estimate of drug-likeness (QED) is 0.287. The minimum Gasteiger partial charge on any atom is -0.508 e. The molecule has 4 aliphatic rings. The lowest BCUT2D eigenvalue weighted by atomic mass is 9.54. The highest BCUT2D eigenvalue weighted by Crippen LogP contribution is 2.57. The van der Waals surface area contributed by atoms with Crippen LogP contribution in [0.3, 0.4) is 0 Å². The Hall–Kier alpha value is -2.96. The minimum atomic E-state index is -2.72. The maximum absolute atomic E-state index is 14.0. The van der Waals surface area contributed by atoms with E-state index in [0.29, 0.717) is 0 Å². The molecule has 0 unspecified atom stereocenters. The number of aliphatic hydroxyl groups excluding tert-OH is 2. The summed E-state index contributed by atoms with van der Waals surface area (Å²) in [6.45, 7) is 3.11. The van der Waals surface area contributed by atoms with Gasteiger partial charge in [-0.2, -0.15) is 0 Å². The predicted octanol–water partition coefficient (Wildman–Crippen LogP) is 0.735. The van der Waals surface area contributed by atoms with Gasteiger partial charge >= 0.3 is 0 Å². The molecule has 11 nitrogen and oxygen atoms in total. The highest BCUT2D eigenvalue weighted by atomic mass is 35.5. The molecule has 0 spiro atoms. The molecule has 1 saturated carbocycles. The van der Waals surface area contributed by atoms with Crippen LogP contribution >= 0.6 is 12.4 Å². The van der Waals surface area contributed by atoms with E-state index in [-0.39, 0.29) is 47.9 Å². The molecule has 0 aromatic heterocycles. The molecule has 12 heteroatoms. The van der Waals surface area contributed by atoms with Crippen LogP contribution in [0.2, 0.25) is 0 Å². The summed E-state index contributed by atoms with van der Waals surface area (Å²) in [6, 6.07) is 3.12. The number of nitrogens with zero attached hydrogens (tertiary/aromatic N) is 2. The van der Waals surface area contributed by atoms with Gasteiger partial charge in [0, 0.05) is 17.4 Å². The number of amides is 1. The normalized spacial score (nSPS) is 32.5. The van der Waals surface area contributed by atoms with Crippen molar-refractivity contribution in [1.29, 1.82) is 0 Å². The lowest BCUT2D eigenvalue weighted by molar-refractivity contribution is -0.159. The van der Waals surface area contributed by atoms with E-state index in [1.165, 1.54) is 30.0 Å². The van der Waals surface area contributed by atoms with Crippen LogP contribution < -0.4 is 5.32 Å². The maximum Gasteiger partial charge on any atom is 0.259 e. The molecule has 212 valence electrons. The number of nitrogens with one attached hydrogen (secondary N) is 1. The number of carbonyl (C=O) groups is 3. The van der Waals surface area contributed by atoms with Gasteiger partial charge in [-0.3, -0.25) is 24.2 Å². The molecule has 1 aromatic rings. The second-order valence-corrected chi connectivity index (χ2v) is 11.1. The van der Waals surface area contributed by atoms with Gasteiger partial charge in [0.1, 0.15) is 22.8 Å². The Morgan fingerprint density at radius 2 is 1.77 bits per heavy atom. The van der Waals surface area contributed by atoms with Crippen molar-refractivity contribution in [1.82, 2.24) is 15.1 Å². The number of halogens is 1. The van der Waals surface area contributed by atoms with E-state index >= 15 is 0 Å². The molecule has 1 heterocycles. The van der Waals surface area contributed by atoms with Crippen LogP contribution in [0.1, 0.15) is 37.3 Å². The van der Waals surface area contributed by atoms with Crippen LogP contribution in [-0.2, 0) is 20.0 Å². The molecule has 6 N–H and O–H groups in total. The first-order valence-electron chi connectivity index (χ1n) is 12.7. The van der Waals surface area contributed by atoms with Gasteiger partial charge in [-0.05, 0) is 65.0 Å². The van der Waals surface area contributed by atoms with Gasteiger partial charge in [-0.1, -0.05) is 12.1 Å². The molecule has 2 fully saturated rings. The van der Waals surface area contributed by atoms with Crippen molar-refractivity contribution in [2.75, 3.05) is 33.9 Å². The van der Waals surface area contributed by atoms with Crippen LogP contribution in [0.5, 0.6) is 5.75 Å². The Morgan fingerprint density at radius 1 is 1.13 bits per heavy atom. The number of hydrogen-bond acceptors (Lipinski definition) is 10. The maximum atomic E-state index is 14.0. The number of rotatable bonds is 4. The summed E-state index contributed by atoms with van der Waals surface area (Å²) >= 11 is 0. The van der Waals surface area contributed by atoms with E-state index in [0.717, 1.165) is 25.9 Å². The standard InChI is InChI=1S/C27H33N3O8.ClH/c1-26(37)13-7-6-8-16(31)17(13)21(32)18-14(26)11-15-20(29(2)3)22(33)19(24(35)27(15,38)23(18)34)25(36)28-12-30-9-4-5-10-30;/h6-8,14-15,20,31-32,35,37-38H,4-5,9-12H2,1-3H3,(H,28,36);1H/t14-,15+,20-,26+,27-;/m0./s1. The minimum absolute atomic E-state index is 0. The van der Waals surface area contributed by atoms with E-state index in [1.54, 1.807) is 14.1 Å². The molecule has 39 heavy (non-hydrogen) atoms. The molecule has 1 aliphatic heterocycles. The highest BCUT2D eigenvalue weighted by Gasteiger charge is 2.66. The monoisotopic (exact) mass is 563 g/mol. The van der Waals surface area contributed by atoms with Crippen LogP contribution in [-0.4, -0.2) is 98.3 Å². The van der Waals surface area contributed by atoms with Crippen molar-refractivity contribution in [3.63, 3.8) is 0 Å². The van der Waals surface area contributed by atoms with E-state index in [4.69, 9.17) is 0 Å². The molecule has 3 aliphatic carbocycles. The first-order chi connectivity index (χ1) is 17.8. The average Bonchev–Trinajstić information content (AvgIpc) is 3.37. The zero-order valence-corrected chi connectivity index (χ0v) is 22.8. The first-order valence-corrected chi connectivity index (χ1v) is 12.7. The largest absolute Gasteiger partial charge is 0.508 e. The topological polar surface area (TPSA) is 171 Å². The van der Waals surface area contributed by atoms with Crippen molar-refractivity contribution < 1.29 is 39.9 Å². The Bertz CT molecular complexity index is 1300. The molecule has 1 amide bonds. The number of likely N-dealkylation sites (tertiary alicyclic amines) is 1. The van der Waals surface area contributed by atoms with Crippen molar-refractivity contribution in [2.24, 2.45) is 11.8 Å². The number of phenols is 1. The predicted molar refractivity (Wildman–Crippen MR) is 142 cm³/mol. The summed E-state index contributed by atoms with van der Waals surface area (Å²) in [4.78, 5) is 44.3. The Labute approximate surface area is 231 Å². The number of aliphatic hydroxyl groups is 4. The van der Waals surface area contributed by atoms with Gasteiger partial charge < -0.3 is 30.8 Å². The third-order valence-electron chi connectivity index (χ3n) is 8.66. The number of fused-ring (bicyclic) bond motifs is 3. The fraction of sp³-hybridized carbons (Fsp3) is 0.519. The van der Waals surface area contributed by atoms with E-state index in [1.807, 2.05) is 4.90 Å². The first kappa shape index (κ1) is 29.0. The summed E-state index contributed by atoms with van der Waals surface area (Å²) in [6.07, 6.45) is 1.78. The van der Waals surface area contributed by atoms with Gasteiger partial charge in [0.05, 0.1) is 23.9 Å². The van der Waals surface area contributed by atoms with Crippen molar-refractivity contribution in [3.05, 3.63) is 46.2 Å². The van der Waals surface area contributed by atoms with Crippen molar-refractivity contribution >= 4 is 35.6 Å². The number of phenolic OH excluding ortho intramolecular Hbond substituents is 1. The SMILES string of the molecule is CN(C)[C@@H]1C(=O)C(C(=O)NCN2CCCC2)=C(O)[C@@]2(O)C(=O)C3=C(O)c4c(O)cccc4[C@@](C)(O)[C@H]3C[C@H]12.Cl. The summed E-state index contributed by atoms with van der Waals surface area (Å²) in [7, 11) is 3.12. The summed E-state index contributed by atoms with van der Waals surface area (Å²) in [5, 5.41) is 59.0. The zero-order chi connectivity index (χ0) is 27.7. The number of aromatic hydroxyl groups is 1. The summed E-state index contributed by atoms with van der Waals surface area (Å²) < 4.78 is 0. The van der Waals surface area contributed by atoms with Gasteiger partial charge in [-0.25, -0.2) is 0 Å². The van der Waals surface area contributed by atoms with Gasteiger partial charge in [0.25, 0.3) is 5.91 Å². The molecule has 1 saturated heterocycles. The highest BCUT2D eigenvalue weighted by molar-refractivity contribution is 6.25. The zero-order valence-electron chi connectivity index (χ0n) is 22.0. The van der Waals surface area contributed by atoms with E-state index < -0.39 is 63.6 Å². The van der Waals surface area contributed by atoms with Crippen LogP contribution in [0, 0.1) is 11.8 Å². The molecule has 0 radical (unpaired) electrons. The second kappa shape index (κ2) is 9.90. The van der Waals surface area contributed by atoms with Gasteiger partial charge in [0.15, 0.2) is 11.4 Å². The Morgan fingerprint density at radius 3 is 2.38 bits per heavy atom. The molecule has 1 aromatic carbocycles. The third-order valence-corrected chi connectivity index (χ3v) is 8.66. The molecular formula is C27H34ClN3O8. The number of likely N-dealkylation sites (N-methyl/N-ethyl adjacent to an activating group) is 1. The van der Waals surface area contributed by atoms with Gasteiger partial charge in [-0.15, -0.1) is 12.4 Å². The molecule has 0 bridgehead atoms. The summed E-state index contributed by atoms with van der Waals surface area (Å²) in [5.41, 5.74) is -5.54. The van der Waals surface area contributed by atoms with Crippen LogP contribution in [0.4, 0.5) is 0 Å². The number of ketones is 2. The van der Waals surface area contributed by atoms with Gasteiger partial charge in [0.2, 0.25) is 5.78 Å². The number of Topliss-reactive ketones (excluding diaryl/α,β-unsaturated/α-hetero) is 2. The average molecular weight is 564 g/mol. The fourth-order valence-electron chi connectivity index (χ4n) is 6.70. The van der Waals surface area contributed by atoms with E-state index in [9.17, 15) is 39.9 Å². The van der Waals surface area contributed by atoms with Crippen LogP contribution in [0.25, 0.3) is 5.76 Å². The smallest absolute Gasteiger partial charge is 0.259 e. The Balaban J connectivity index is 0.00000353. The number of carbonyl (C=O) groups excluding carboxylic acids is 3. The fourth-order valence-corrected chi connectivity index (χ4v) is 6.70. The van der Waals surface area contributed by atoms with E-state index in [2.05, 4.69) is 5.32 Å². The lowest BCUT2D eigenvalue weighted by Gasteiger charge is -2.53. The second-order valence-electron chi connectivity index (χ2n) is 11.1. The Kier molecular flexibility index (Phi) is 7.37. The lowest BCUT2D eigenvalue weighted by Crippen LogP contribution is -2.67. The molecule has 5 atom stereocenters.